The average molecular weight is 281 g/mol. The van der Waals surface area contributed by atoms with Crippen molar-refractivity contribution in [1.29, 1.82) is 0 Å². The number of aromatic nitrogens is 1. The topological polar surface area (TPSA) is 30.0 Å². The van der Waals surface area contributed by atoms with Gasteiger partial charge in [0.05, 0.1) is 5.52 Å². The fourth-order valence-corrected chi connectivity index (χ4v) is 3.82. The van der Waals surface area contributed by atoms with E-state index in [-0.39, 0.29) is 11.3 Å². The van der Waals surface area contributed by atoms with Crippen LogP contribution < -0.4 is 0 Å². The van der Waals surface area contributed by atoms with Crippen LogP contribution in [-0.2, 0) is 10.2 Å². The molecule has 21 heavy (non-hydrogen) atoms. The number of fused-ring (bicyclic) bond motifs is 1. The Morgan fingerprint density at radius 3 is 2.71 bits per heavy atom. The molecule has 2 heteroatoms. The zero-order valence-corrected chi connectivity index (χ0v) is 13.1. The summed E-state index contributed by atoms with van der Waals surface area (Å²) in [5.41, 5.74) is 2.13. The van der Waals surface area contributed by atoms with Crippen LogP contribution >= 0.6 is 0 Å². The Bertz CT molecular complexity index is 669. The first-order valence-corrected chi connectivity index (χ1v) is 7.87. The molecule has 2 unspecified atom stereocenters. The molecule has 0 amide bonds. The number of Topliss-reactive ketones (excluding diaryl/α,β-unsaturated/α-hetero) is 1. The van der Waals surface area contributed by atoms with Crippen LogP contribution in [0.3, 0.4) is 0 Å². The number of hydrogen-bond acceptors (Lipinski definition) is 2. The zero-order chi connectivity index (χ0) is 15.0. The van der Waals surface area contributed by atoms with Gasteiger partial charge in [-0.05, 0) is 36.5 Å². The summed E-state index contributed by atoms with van der Waals surface area (Å²) in [6.45, 7) is 6.61. The Labute approximate surface area is 126 Å². The molecule has 3 rings (SSSR count). The van der Waals surface area contributed by atoms with Crippen LogP contribution in [0.2, 0.25) is 0 Å². The third kappa shape index (κ3) is 2.48. The Morgan fingerprint density at radius 1 is 1.14 bits per heavy atom. The molecule has 1 aliphatic rings. The molecule has 1 fully saturated rings. The normalized spacial score (nSPS) is 23.5. The van der Waals surface area contributed by atoms with Gasteiger partial charge in [0.1, 0.15) is 5.78 Å². The van der Waals surface area contributed by atoms with Crippen molar-refractivity contribution in [1.82, 2.24) is 4.98 Å². The van der Waals surface area contributed by atoms with Crippen LogP contribution in [-0.4, -0.2) is 10.8 Å². The first-order valence-electron chi connectivity index (χ1n) is 7.87. The van der Waals surface area contributed by atoms with Crippen molar-refractivity contribution in [3.8, 4) is 0 Å². The van der Waals surface area contributed by atoms with Gasteiger partial charge < -0.3 is 0 Å². The lowest BCUT2D eigenvalue weighted by Crippen LogP contribution is -2.38. The number of ketones is 1. The maximum absolute atomic E-state index is 12.5. The fraction of sp³-hybridized carbons (Fsp3) is 0.474. The number of hydrogen-bond donors (Lipinski definition) is 0. The number of benzene rings is 1. The van der Waals surface area contributed by atoms with Gasteiger partial charge in [-0.25, -0.2) is 0 Å². The minimum atomic E-state index is -0.139. The largest absolute Gasteiger partial charge is 0.299 e. The highest BCUT2D eigenvalue weighted by molar-refractivity contribution is 5.87. The van der Waals surface area contributed by atoms with Crippen LogP contribution in [0.4, 0.5) is 0 Å². The molecule has 2 nitrogen and oxygen atoms in total. The molecular weight excluding hydrogens is 258 g/mol. The molecule has 1 heterocycles. The fourth-order valence-electron chi connectivity index (χ4n) is 3.82. The van der Waals surface area contributed by atoms with Crippen LogP contribution in [0.5, 0.6) is 0 Å². The Morgan fingerprint density at radius 2 is 1.95 bits per heavy atom. The van der Waals surface area contributed by atoms with Crippen molar-refractivity contribution in [2.24, 2.45) is 11.8 Å². The smallest absolute Gasteiger partial charge is 0.137 e. The van der Waals surface area contributed by atoms with E-state index in [1.54, 1.807) is 0 Å². The maximum atomic E-state index is 12.5. The summed E-state index contributed by atoms with van der Waals surface area (Å²) >= 11 is 0. The summed E-state index contributed by atoms with van der Waals surface area (Å²) in [5.74, 6) is 1.10. The highest BCUT2D eigenvalue weighted by Gasteiger charge is 2.39. The summed E-state index contributed by atoms with van der Waals surface area (Å²) in [7, 11) is 0. The Kier molecular flexibility index (Phi) is 3.56. The predicted octanol–water partition coefficient (Wildman–Crippen LogP) is 4.52. The third-order valence-corrected chi connectivity index (χ3v) is 5.10. The average Bonchev–Trinajstić information content (AvgIpc) is 2.46. The van der Waals surface area contributed by atoms with Gasteiger partial charge in [-0.2, -0.15) is 0 Å². The first kappa shape index (κ1) is 14.2. The molecule has 1 aromatic carbocycles. The van der Waals surface area contributed by atoms with E-state index in [2.05, 4.69) is 44.0 Å². The number of nitrogens with zero attached hydrogens (tertiary/aromatic N) is 1. The highest BCUT2D eigenvalue weighted by Crippen LogP contribution is 2.42. The highest BCUT2D eigenvalue weighted by atomic mass is 16.1. The predicted molar refractivity (Wildman–Crippen MR) is 86.3 cm³/mol. The van der Waals surface area contributed by atoms with E-state index in [4.69, 9.17) is 0 Å². The van der Waals surface area contributed by atoms with Gasteiger partial charge in [-0.3, -0.25) is 9.78 Å². The van der Waals surface area contributed by atoms with Crippen molar-refractivity contribution in [3.05, 3.63) is 42.1 Å². The molecule has 1 aromatic heterocycles. The molecule has 0 spiro atoms. The second-order valence-electron chi connectivity index (χ2n) is 7.00. The molecule has 0 aliphatic heterocycles. The van der Waals surface area contributed by atoms with Crippen molar-refractivity contribution in [2.45, 2.75) is 45.4 Å². The van der Waals surface area contributed by atoms with Gasteiger partial charge in [0.15, 0.2) is 0 Å². The number of pyridine rings is 1. The minimum Gasteiger partial charge on any atom is -0.299 e. The zero-order valence-electron chi connectivity index (χ0n) is 13.1. The Hall–Kier alpha value is -1.70. The molecular formula is C19H23NO. The van der Waals surface area contributed by atoms with E-state index >= 15 is 0 Å². The molecule has 2 atom stereocenters. The molecule has 0 saturated heterocycles. The summed E-state index contributed by atoms with van der Waals surface area (Å²) in [4.78, 5) is 17.0. The minimum absolute atomic E-state index is 0.125. The molecule has 1 aliphatic carbocycles. The summed E-state index contributed by atoms with van der Waals surface area (Å²) in [6, 6.07) is 10.4. The molecule has 0 bridgehead atoms. The third-order valence-electron chi connectivity index (χ3n) is 5.10. The summed E-state index contributed by atoms with van der Waals surface area (Å²) in [6.07, 6.45) is 4.72. The van der Waals surface area contributed by atoms with E-state index in [1.165, 1.54) is 10.9 Å². The van der Waals surface area contributed by atoms with E-state index in [9.17, 15) is 4.79 Å². The quantitative estimate of drug-likeness (QED) is 0.810. The van der Waals surface area contributed by atoms with Gasteiger partial charge >= 0.3 is 0 Å². The number of carbonyl (C=O) groups is 1. The lowest BCUT2D eigenvalue weighted by atomic mass is 9.64. The lowest BCUT2D eigenvalue weighted by Gasteiger charge is -2.38. The SMILES string of the molecule is CC1CCC(C(C)(C)c2cccc3ncccc23)C(=O)C1. The van der Waals surface area contributed by atoms with Gasteiger partial charge in [0.2, 0.25) is 0 Å². The van der Waals surface area contributed by atoms with Crippen LogP contribution in [0.25, 0.3) is 10.9 Å². The van der Waals surface area contributed by atoms with Crippen molar-refractivity contribution >= 4 is 16.7 Å². The number of carbonyl (C=O) groups excluding carboxylic acids is 1. The van der Waals surface area contributed by atoms with Crippen LogP contribution in [0, 0.1) is 11.8 Å². The van der Waals surface area contributed by atoms with Crippen molar-refractivity contribution < 1.29 is 4.79 Å². The molecule has 0 N–H and O–H groups in total. The molecule has 0 radical (unpaired) electrons. The molecule has 2 aromatic rings. The van der Waals surface area contributed by atoms with E-state index < -0.39 is 0 Å². The summed E-state index contributed by atoms with van der Waals surface area (Å²) < 4.78 is 0. The van der Waals surface area contributed by atoms with Gasteiger partial charge in [0, 0.05) is 29.3 Å². The maximum Gasteiger partial charge on any atom is 0.137 e. The van der Waals surface area contributed by atoms with E-state index in [0.717, 1.165) is 24.8 Å². The van der Waals surface area contributed by atoms with Crippen LogP contribution in [0.15, 0.2) is 36.5 Å². The van der Waals surface area contributed by atoms with Gasteiger partial charge in [0.25, 0.3) is 0 Å². The van der Waals surface area contributed by atoms with Crippen LogP contribution in [0.1, 0.15) is 45.6 Å². The second-order valence-corrected chi connectivity index (χ2v) is 7.00. The standard InChI is InChI=1S/C19H23NO/c1-13-9-10-16(18(21)12-13)19(2,3)15-7-4-8-17-14(15)6-5-11-20-17/h4-8,11,13,16H,9-10,12H2,1-3H3. The van der Waals surface area contributed by atoms with E-state index in [1.807, 2.05) is 18.3 Å². The second kappa shape index (κ2) is 5.25. The van der Waals surface area contributed by atoms with Gasteiger partial charge in [-0.15, -0.1) is 0 Å². The Balaban J connectivity index is 2.06. The lowest BCUT2D eigenvalue weighted by molar-refractivity contribution is -0.128. The summed E-state index contributed by atoms with van der Waals surface area (Å²) in [5, 5.41) is 1.18. The monoisotopic (exact) mass is 281 g/mol. The molecule has 110 valence electrons. The number of rotatable bonds is 2. The molecule has 1 saturated carbocycles. The van der Waals surface area contributed by atoms with E-state index in [0.29, 0.717) is 11.7 Å². The first-order chi connectivity index (χ1) is 10.00. The van der Waals surface area contributed by atoms with Crippen molar-refractivity contribution in [2.75, 3.05) is 0 Å². The van der Waals surface area contributed by atoms with Crippen molar-refractivity contribution in [3.63, 3.8) is 0 Å². The van der Waals surface area contributed by atoms with Gasteiger partial charge in [-0.1, -0.05) is 39.0 Å².